The van der Waals surface area contributed by atoms with Crippen molar-refractivity contribution in [2.45, 2.75) is 108 Å². The predicted molar refractivity (Wildman–Crippen MR) is 137 cm³/mol. The van der Waals surface area contributed by atoms with Gasteiger partial charge in [0.2, 0.25) is 0 Å². The van der Waals surface area contributed by atoms with E-state index in [0.29, 0.717) is 6.42 Å². The van der Waals surface area contributed by atoms with Crippen molar-refractivity contribution in [1.29, 1.82) is 0 Å². The highest BCUT2D eigenvalue weighted by Crippen LogP contribution is 2.26. The van der Waals surface area contributed by atoms with Crippen LogP contribution in [0.1, 0.15) is 105 Å². The van der Waals surface area contributed by atoms with E-state index in [4.69, 9.17) is 4.52 Å². The Morgan fingerprint density at radius 2 is 1.70 bits per heavy atom. The summed E-state index contributed by atoms with van der Waals surface area (Å²) in [7, 11) is -1.20. The molecule has 0 aromatic carbocycles. The lowest BCUT2D eigenvalue weighted by Crippen LogP contribution is -2.30. The Balaban J connectivity index is -0.00000111. The van der Waals surface area contributed by atoms with Gasteiger partial charge in [-0.05, 0) is 44.8 Å². The first-order chi connectivity index (χ1) is 14.5. The van der Waals surface area contributed by atoms with E-state index in [2.05, 4.69) is 30.3 Å². The molecule has 1 N–H and O–H groups in total. The second-order valence-corrected chi connectivity index (χ2v) is 7.10. The fourth-order valence-electron chi connectivity index (χ4n) is 2.61. The fraction of sp³-hybridized carbons (Fsp3) is 0.640. The highest BCUT2D eigenvalue weighted by atomic mass is 32.2. The summed E-state index contributed by atoms with van der Waals surface area (Å²) in [6, 6.07) is 0.275. The van der Waals surface area contributed by atoms with Gasteiger partial charge < -0.3 is 4.52 Å². The van der Waals surface area contributed by atoms with Gasteiger partial charge in [0.25, 0.3) is 0 Å². The quantitative estimate of drug-likeness (QED) is 0.374. The minimum absolute atomic E-state index is 0.275. The highest BCUT2D eigenvalue weighted by Gasteiger charge is 2.16. The van der Waals surface area contributed by atoms with Crippen LogP contribution in [-0.4, -0.2) is 15.4 Å². The van der Waals surface area contributed by atoms with Gasteiger partial charge in [-0.1, -0.05) is 92.6 Å². The zero-order chi connectivity index (χ0) is 24.1. The van der Waals surface area contributed by atoms with Crippen LogP contribution >= 0.6 is 0 Å². The van der Waals surface area contributed by atoms with E-state index in [1.807, 2.05) is 74.5 Å². The lowest BCUT2D eigenvalue weighted by atomic mass is 10.0. The van der Waals surface area contributed by atoms with Gasteiger partial charge in [-0.2, -0.15) is 0 Å². The molecule has 0 spiro atoms. The molecule has 1 aromatic rings. The predicted octanol–water partition coefficient (Wildman–Crippen LogP) is 8.07. The lowest BCUT2D eigenvalue weighted by molar-refractivity contribution is 0.393. The van der Waals surface area contributed by atoms with Crippen molar-refractivity contribution in [2.75, 3.05) is 0 Å². The monoisotopic (exact) mass is 440 g/mol. The van der Waals surface area contributed by atoms with Crippen LogP contribution in [0.15, 0.2) is 34.2 Å². The zero-order valence-electron chi connectivity index (χ0n) is 21.5. The Hall–Kier alpha value is -1.46. The van der Waals surface area contributed by atoms with Gasteiger partial charge in [0.15, 0.2) is 0 Å². The second kappa shape index (κ2) is 22.2. The Morgan fingerprint density at radius 1 is 1.13 bits per heavy atom. The molecule has 2 unspecified atom stereocenters. The first-order valence-corrected chi connectivity index (χ1v) is 12.8. The van der Waals surface area contributed by atoms with E-state index in [1.54, 1.807) is 6.08 Å². The molecule has 2 atom stereocenters. The number of aryl methyl sites for hydroxylation is 2. The molecule has 0 radical (unpaired) electrons. The van der Waals surface area contributed by atoms with Gasteiger partial charge in [-0.25, -0.2) is 8.93 Å². The molecule has 0 aliphatic heterocycles. The topological polar surface area (TPSA) is 55.1 Å². The molecule has 0 saturated carbocycles. The Bertz CT molecular complexity index is 612. The van der Waals surface area contributed by atoms with Gasteiger partial charge in [-0.3, -0.25) is 0 Å². The molecule has 30 heavy (non-hydrogen) atoms. The van der Waals surface area contributed by atoms with Crippen molar-refractivity contribution in [2.24, 2.45) is 0 Å². The van der Waals surface area contributed by atoms with Crippen molar-refractivity contribution in [1.82, 2.24) is 9.88 Å². The molecule has 0 bridgehead atoms. The number of hydrogen-bond acceptors (Lipinski definition) is 3. The summed E-state index contributed by atoms with van der Waals surface area (Å²) in [5.74, 6) is 0.753. The fourth-order valence-corrected chi connectivity index (χ4v) is 3.84. The van der Waals surface area contributed by atoms with Gasteiger partial charge in [-0.15, -0.1) is 0 Å². The SMILES string of the molecule is C=C/C=C(\C=C(/CC)S(=O)NC(CC)CCC)c1c(C)noc1C.CC.CC.CC. The highest BCUT2D eigenvalue weighted by molar-refractivity contribution is 7.87. The van der Waals surface area contributed by atoms with E-state index in [-0.39, 0.29) is 6.04 Å². The van der Waals surface area contributed by atoms with E-state index >= 15 is 0 Å². The number of rotatable bonds is 10. The minimum atomic E-state index is -1.20. The second-order valence-electron chi connectivity index (χ2n) is 5.80. The number of aromatic nitrogens is 1. The van der Waals surface area contributed by atoms with Crippen LogP contribution in [-0.2, 0) is 11.0 Å². The minimum Gasteiger partial charge on any atom is -0.361 e. The first-order valence-electron chi connectivity index (χ1n) is 11.6. The Labute approximate surface area is 189 Å². The maximum absolute atomic E-state index is 12.7. The number of nitrogens with one attached hydrogen (secondary N) is 1. The van der Waals surface area contributed by atoms with Crippen molar-refractivity contribution in [3.8, 4) is 0 Å². The molecule has 0 aliphatic rings. The van der Waals surface area contributed by atoms with Crippen LogP contribution in [0, 0.1) is 13.8 Å². The van der Waals surface area contributed by atoms with E-state index < -0.39 is 11.0 Å². The van der Waals surface area contributed by atoms with E-state index in [9.17, 15) is 4.21 Å². The van der Waals surface area contributed by atoms with Crippen LogP contribution in [0.5, 0.6) is 0 Å². The summed E-state index contributed by atoms with van der Waals surface area (Å²) in [5.41, 5.74) is 2.69. The first kappa shape index (κ1) is 33.2. The number of nitrogens with zero attached hydrogens (tertiary/aromatic N) is 1. The average Bonchev–Trinajstić information content (AvgIpc) is 3.12. The molecular formula is C25H48N2O2S. The molecule has 0 saturated heterocycles. The van der Waals surface area contributed by atoms with Crippen LogP contribution in [0.2, 0.25) is 0 Å². The van der Waals surface area contributed by atoms with Gasteiger partial charge in [0.1, 0.15) is 16.7 Å². The van der Waals surface area contributed by atoms with E-state index in [0.717, 1.165) is 46.8 Å². The molecule has 4 nitrogen and oxygen atoms in total. The standard InChI is InChI=1S/C19H30N2O2S.3C2H6/c1-7-11-16(19-14(5)20-23-15(19)6)13-18(10-4)24(22)21-17(9-3)12-8-2;3*1-2/h7,11,13,17,21H,1,8-10,12H2,2-6H3;3*1-2H3/b16-11+,18-13+;;;. The third-order valence-electron chi connectivity index (χ3n) is 3.93. The number of allylic oxidation sites excluding steroid dienone is 5. The van der Waals surface area contributed by atoms with Crippen LogP contribution in [0.25, 0.3) is 5.57 Å². The maximum Gasteiger partial charge on any atom is 0.141 e. The van der Waals surface area contributed by atoms with Crippen LogP contribution < -0.4 is 4.72 Å². The molecule has 1 heterocycles. The summed E-state index contributed by atoms with van der Waals surface area (Å²) in [6.45, 7) is 25.9. The summed E-state index contributed by atoms with van der Waals surface area (Å²) in [6.07, 6.45) is 9.38. The van der Waals surface area contributed by atoms with Crippen LogP contribution in [0.3, 0.4) is 0 Å². The largest absolute Gasteiger partial charge is 0.361 e. The third kappa shape index (κ3) is 12.3. The van der Waals surface area contributed by atoms with Crippen molar-refractivity contribution >= 4 is 16.6 Å². The molecule has 1 aromatic heterocycles. The molecule has 5 heteroatoms. The van der Waals surface area contributed by atoms with Gasteiger partial charge in [0, 0.05) is 16.5 Å². The van der Waals surface area contributed by atoms with Crippen LogP contribution in [0.4, 0.5) is 0 Å². The Morgan fingerprint density at radius 3 is 2.07 bits per heavy atom. The van der Waals surface area contributed by atoms with Gasteiger partial charge >= 0.3 is 0 Å². The maximum atomic E-state index is 12.7. The van der Waals surface area contributed by atoms with E-state index in [1.165, 1.54) is 0 Å². The smallest absolute Gasteiger partial charge is 0.141 e. The zero-order valence-corrected chi connectivity index (χ0v) is 22.3. The molecule has 1 rings (SSSR count). The third-order valence-corrected chi connectivity index (χ3v) is 5.36. The molecular weight excluding hydrogens is 392 g/mol. The van der Waals surface area contributed by atoms with Gasteiger partial charge in [0.05, 0.1) is 5.69 Å². The summed E-state index contributed by atoms with van der Waals surface area (Å²) < 4.78 is 21.3. The van der Waals surface area contributed by atoms with Crippen molar-refractivity contribution in [3.05, 3.63) is 46.7 Å². The molecule has 0 aliphatic carbocycles. The molecule has 0 amide bonds. The summed E-state index contributed by atoms with van der Waals surface area (Å²) in [5, 5.41) is 4.01. The molecule has 176 valence electrons. The summed E-state index contributed by atoms with van der Waals surface area (Å²) >= 11 is 0. The summed E-state index contributed by atoms with van der Waals surface area (Å²) in [4.78, 5) is 0.859. The normalized spacial score (nSPS) is 12.9. The van der Waals surface area contributed by atoms with Crippen molar-refractivity contribution < 1.29 is 8.73 Å². The van der Waals surface area contributed by atoms with Crippen molar-refractivity contribution in [3.63, 3.8) is 0 Å². The lowest BCUT2D eigenvalue weighted by Gasteiger charge is -2.16. The average molecular weight is 441 g/mol. The molecule has 0 fully saturated rings. The number of hydrogen-bond donors (Lipinski definition) is 1. The Kier molecular flexibility index (Phi) is 24.6.